The monoisotopic (exact) mass is 383 g/mol. The minimum atomic E-state index is 0.147. The number of Topliss-reactive ketones (excluding diaryl/α,β-unsaturated/α-hetero) is 1. The number of ketones is 1. The zero-order valence-electron chi connectivity index (χ0n) is 15.1. The molecule has 0 unspecified atom stereocenters. The van der Waals surface area contributed by atoms with Gasteiger partial charge in [-0.25, -0.2) is 0 Å². The number of benzene rings is 1. The molecule has 3 aromatic rings. The Morgan fingerprint density at radius 3 is 2.62 bits per heavy atom. The van der Waals surface area contributed by atoms with Gasteiger partial charge in [0.15, 0.2) is 0 Å². The quantitative estimate of drug-likeness (QED) is 0.525. The second kappa shape index (κ2) is 7.98. The van der Waals surface area contributed by atoms with E-state index in [1.54, 1.807) is 41.9 Å². The lowest BCUT2D eigenvalue weighted by Gasteiger charge is -2.03. The molecule has 1 N–H and O–H groups in total. The molecule has 0 saturated heterocycles. The highest BCUT2D eigenvalue weighted by Crippen LogP contribution is 2.35. The van der Waals surface area contributed by atoms with Gasteiger partial charge < -0.3 is 9.90 Å². The van der Waals surface area contributed by atoms with E-state index in [0.29, 0.717) is 18.5 Å². The molecule has 0 spiro atoms. The highest BCUT2D eigenvalue weighted by atomic mass is 32.1. The Morgan fingerprint density at radius 2 is 1.92 bits per heavy atom. The normalized spacial score (nSPS) is 11.3. The summed E-state index contributed by atoms with van der Waals surface area (Å²) in [7, 11) is 0. The largest absolute Gasteiger partial charge is 0.506 e. The second-order valence-electron chi connectivity index (χ2n) is 6.34. The lowest BCUT2D eigenvalue weighted by Crippen LogP contribution is -1.93. The molecule has 0 aliphatic carbocycles. The number of hydrogen-bond acceptors (Lipinski definition) is 5. The summed E-state index contributed by atoms with van der Waals surface area (Å²) < 4.78 is 0. The van der Waals surface area contributed by atoms with Crippen LogP contribution in [0.25, 0.3) is 9.75 Å². The van der Waals surface area contributed by atoms with Gasteiger partial charge in [0.2, 0.25) is 0 Å². The molecule has 26 heavy (non-hydrogen) atoms. The average molecular weight is 384 g/mol. The molecular weight excluding hydrogens is 362 g/mol. The predicted octanol–water partition coefficient (Wildman–Crippen LogP) is 6.07. The molecule has 0 aliphatic rings. The molecule has 0 saturated carbocycles. The number of aromatic hydroxyl groups is 1. The van der Waals surface area contributed by atoms with E-state index in [1.807, 2.05) is 18.2 Å². The number of phenols is 1. The zero-order chi connectivity index (χ0) is 18.7. The molecule has 134 valence electrons. The Labute approximate surface area is 161 Å². The van der Waals surface area contributed by atoms with Crippen LogP contribution < -0.4 is 0 Å². The van der Waals surface area contributed by atoms with Crippen molar-refractivity contribution in [2.75, 3.05) is 0 Å². The van der Waals surface area contributed by atoms with Crippen molar-refractivity contribution in [1.82, 2.24) is 0 Å². The third-order valence-electron chi connectivity index (χ3n) is 4.17. The van der Waals surface area contributed by atoms with Gasteiger partial charge in [-0.1, -0.05) is 6.07 Å². The molecule has 2 heterocycles. The lowest BCUT2D eigenvalue weighted by atomic mass is 10.1. The van der Waals surface area contributed by atoms with Crippen LogP contribution in [-0.4, -0.2) is 17.1 Å². The van der Waals surface area contributed by atoms with Crippen LogP contribution in [0.4, 0.5) is 5.69 Å². The number of carbonyl (C=O) groups is 1. The Kier molecular flexibility index (Phi) is 5.69. The molecule has 0 amide bonds. The predicted molar refractivity (Wildman–Crippen MR) is 111 cm³/mol. The maximum absolute atomic E-state index is 11.1. The van der Waals surface area contributed by atoms with Crippen LogP contribution in [0.3, 0.4) is 0 Å². The molecular formula is C21H21NO2S2. The van der Waals surface area contributed by atoms with Gasteiger partial charge in [0, 0.05) is 32.1 Å². The summed E-state index contributed by atoms with van der Waals surface area (Å²) in [6, 6.07) is 11.7. The van der Waals surface area contributed by atoms with Crippen LogP contribution in [-0.2, 0) is 11.2 Å². The van der Waals surface area contributed by atoms with E-state index in [9.17, 15) is 9.90 Å². The first-order chi connectivity index (χ1) is 12.4. The number of nitrogens with zero attached hydrogens (tertiary/aromatic N) is 1. The van der Waals surface area contributed by atoms with Crippen molar-refractivity contribution in [2.45, 2.75) is 33.6 Å². The second-order valence-corrected chi connectivity index (χ2v) is 8.71. The number of hydrogen-bond donors (Lipinski definition) is 1. The van der Waals surface area contributed by atoms with Gasteiger partial charge in [0.25, 0.3) is 0 Å². The topological polar surface area (TPSA) is 49.7 Å². The van der Waals surface area contributed by atoms with E-state index in [2.05, 4.69) is 31.0 Å². The van der Waals surface area contributed by atoms with Crippen molar-refractivity contribution < 1.29 is 9.90 Å². The third kappa shape index (κ3) is 4.48. The Balaban J connectivity index is 1.77. The standard InChI is InChI=1S/C21H21NO2S2/c1-13-10-21(25-15(13)3)20-9-7-17(26-20)12-22-18-11-16(5-4-14(2)23)6-8-19(18)24/h6-12,24H,4-5H2,1-3H3. The first-order valence-electron chi connectivity index (χ1n) is 8.45. The van der Waals surface area contributed by atoms with Crippen LogP contribution in [0, 0.1) is 13.8 Å². The van der Waals surface area contributed by atoms with Crippen LogP contribution in [0.5, 0.6) is 5.75 Å². The number of carbonyl (C=O) groups excluding carboxylic acids is 1. The summed E-state index contributed by atoms with van der Waals surface area (Å²) in [6.07, 6.45) is 2.95. The van der Waals surface area contributed by atoms with Crippen molar-refractivity contribution in [3.63, 3.8) is 0 Å². The number of rotatable bonds is 6. The van der Waals surface area contributed by atoms with Crippen molar-refractivity contribution in [3.8, 4) is 15.5 Å². The van der Waals surface area contributed by atoms with Crippen LogP contribution in [0.1, 0.15) is 34.2 Å². The first-order valence-corrected chi connectivity index (χ1v) is 10.1. The third-order valence-corrected chi connectivity index (χ3v) is 6.54. The highest BCUT2D eigenvalue weighted by molar-refractivity contribution is 7.23. The van der Waals surface area contributed by atoms with Gasteiger partial charge in [0.1, 0.15) is 17.2 Å². The number of aryl methyl sites for hydroxylation is 3. The van der Waals surface area contributed by atoms with Crippen molar-refractivity contribution in [3.05, 3.63) is 57.3 Å². The zero-order valence-corrected chi connectivity index (χ0v) is 16.7. The van der Waals surface area contributed by atoms with E-state index in [0.717, 1.165) is 10.4 Å². The smallest absolute Gasteiger partial charge is 0.141 e. The van der Waals surface area contributed by atoms with Crippen LogP contribution >= 0.6 is 22.7 Å². The van der Waals surface area contributed by atoms with Crippen molar-refractivity contribution in [2.24, 2.45) is 4.99 Å². The lowest BCUT2D eigenvalue weighted by molar-refractivity contribution is -0.116. The summed E-state index contributed by atoms with van der Waals surface area (Å²) in [6.45, 7) is 5.86. The Morgan fingerprint density at radius 1 is 1.12 bits per heavy atom. The molecule has 2 aromatic heterocycles. The molecule has 5 heteroatoms. The minimum absolute atomic E-state index is 0.147. The summed E-state index contributed by atoms with van der Waals surface area (Å²) in [5.74, 6) is 0.308. The van der Waals surface area contributed by atoms with Gasteiger partial charge in [-0.3, -0.25) is 4.99 Å². The molecule has 3 nitrogen and oxygen atoms in total. The molecule has 0 bridgehead atoms. The Bertz CT molecular complexity index is 947. The first kappa shape index (κ1) is 18.5. The van der Waals surface area contributed by atoms with Crippen LogP contribution in [0.2, 0.25) is 0 Å². The summed E-state index contributed by atoms with van der Waals surface area (Å²) in [5.41, 5.74) is 2.85. The average Bonchev–Trinajstić information content (AvgIpc) is 3.20. The summed E-state index contributed by atoms with van der Waals surface area (Å²) >= 11 is 3.49. The summed E-state index contributed by atoms with van der Waals surface area (Å²) in [4.78, 5) is 20.5. The van der Waals surface area contributed by atoms with Crippen LogP contribution in [0.15, 0.2) is 41.4 Å². The molecule has 3 rings (SSSR count). The van der Waals surface area contributed by atoms with Gasteiger partial charge in [-0.15, -0.1) is 22.7 Å². The van der Waals surface area contributed by atoms with Gasteiger partial charge in [-0.2, -0.15) is 0 Å². The molecule has 0 aliphatic heterocycles. The maximum Gasteiger partial charge on any atom is 0.141 e. The number of thiophene rings is 2. The van der Waals surface area contributed by atoms with E-state index >= 15 is 0 Å². The molecule has 1 aromatic carbocycles. The fourth-order valence-electron chi connectivity index (χ4n) is 2.53. The van der Waals surface area contributed by atoms with Crippen molar-refractivity contribution >= 4 is 40.4 Å². The molecule has 0 fully saturated rings. The fourth-order valence-corrected chi connectivity index (χ4v) is 4.53. The van der Waals surface area contributed by atoms with E-state index in [1.165, 1.54) is 20.2 Å². The SMILES string of the molecule is CC(=O)CCc1ccc(O)c(N=Cc2ccc(-c3cc(C)c(C)s3)s2)c1. The van der Waals surface area contributed by atoms with E-state index in [-0.39, 0.29) is 11.5 Å². The van der Waals surface area contributed by atoms with Gasteiger partial charge in [-0.05, 0) is 68.7 Å². The van der Waals surface area contributed by atoms with Crippen molar-refractivity contribution in [1.29, 1.82) is 0 Å². The van der Waals surface area contributed by atoms with Gasteiger partial charge >= 0.3 is 0 Å². The minimum Gasteiger partial charge on any atom is -0.506 e. The van der Waals surface area contributed by atoms with E-state index < -0.39 is 0 Å². The highest BCUT2D eigenvalue weighted by Gasteiger charge is 2.07. The van der Waals surface area contributed by atoms with Gasteiger partial charge in [0.05, 0.1) is 0 Å². The fraction of sp³-hybridized carbons (Fsp3) is 0.238. The summed E-state index contributed by atoms with van der Waals surface area (Å²) in [5, 5.41) is 10.0. The number of aliphatic imine (C=N–C) groups is 1. The molecule has 0 radical (unpaired) electrons. The Hall–Kier alpha value is -2.24. The molecule has 0 atom stereocenters. The van der Waals surface area contributed by atoms with E-state index in [4.69, 9.17) is 0 Å². The number of phenolic OH excluding ortho intramolecular Hbond substituents is 1. The maximum atomic E-state index is 11.1.